The number of hydrogen-bond acceptors (Lipinski definition) is 5. The predicted octanol–water partition coefficient (Wildman–Crippen LogP) is 3.54. The normalized spacial score (nSPS) is 15.3. The zero-order valence-corrected chi connectivity index (χ0v) is 18.2. The second kappa shape index (κ2) is 8.45. The van der Waals surface area contributed by atoms with Gasteiger partial charge in [0.25, 0.3) is 5.91 Å². The van der Waals surface area contributed by atoms with Crippen LogP contribution in [-0.2, 0) is 10.0 Å². The van der Waals surface area contributed by atoms with E-state index in [0.717, 1.165) is 22.7 Å². The average Bonchev–Trinajstić information content (AvgIpc) is 3.17. The van der Waals surface area contributed by atoms with Crippen LogP contribution in [0.15, 0.2) is 53.4 Å². The summed E-state index contributed by atoms with van der Waals surface area (Å²) < 4.78 is 53.3. The van der Waals surface area contributed by atoms with Crippen molar-refractivity contribution in [1.82, 2.24) is 14.2 Å². The summed E-state index contributed by atoms with van der Waals surface area (Å²) in [5.41, 5.74) is 1.56. The van der Waals surface area contributed by atoms with Crippen molar-refractivity contribution < 1.29 is 22.0 Å². The van der Waals surface area contributed by atoms with Crippen molar-refractivity contribution in [2.75, 3.05) is 26.2 Å². The van der Waals surface area contributed by atoms with Crippen LogP contribution in [0.2, 0.25) is 0 Å². The fourth-order valence-corrected chi connectivity index (χ4v) is 5.83. The van der Waals surface area contributed by atoms with Gasteiger partial charge in [-0.15, -0.1) is 11.3 Å². The highest BCUT2D eigenvalue weighted by molar-refractivity contribution is 7.89. The lowest BCUT2D eigenvalue weighted by atomic mass is 10.2. The van der Waals surface area contributed by atoms with E-state index in [-0.39, 0.29) is 37.0 Å². The number of hydrogen-bond donors (Lipinski definition) is 0. The first-order valence-electron chi connectivity index (χ1n) is 9.54. The van der Waals surface area contributed by atoms with Crippen LogP contribution >= 0.6 is 11.3 Å². The van der Waals surface area contributed by atoms with E-state index in [2.05, 4.69) is 4.98 Å². The quantitative estimate of drug-likeness (QED) is 0.594. The van der Waals surface area contributed by atoms with Gasteiger partial charge in [0.2, 0.25) is 10.0 Å². The Morgan fingerprint density at radius 1 is 1.00 bits per heavy atom. The standard InChI is InChI=1S/C21H19F2N3O3S2/c1-14-19(30-20(24-14)15-5-3-2-4-6-15)21(27)25-9-11-26(12-10-25)31(28,29)16-7-8-17(22)18(23)13-16/h2-8,13H,9-12H2,1H3. The molecule has 0 unspecified atom stereocenters. The van der Waals surface area contributed by atoms with Gasteiger partial charge in [-0.2, -0.15) is 4.31 Å². The summed E-state index contributed by atoms with van der Waals surface area (Å²) in [6.07, 6.45) is 0. The molecule has 162 valence electrons. The molecule has 10 heteroatoms. The lowest BCUT2D eigenvalue weighted by molar-refractivity contribution is 0.0702. The monoisotopic (exact) mass is 463 g/mol. The van der Waals surface area contributed by atoms with Gasteiger partial charge in [0.1, 0.15) is 9.88 Å². The third kappa shape index (κ3) is 4.23. The number of halogens is 2. The Bertz CT molecular complexity index is 1220. The number of carbonyl (C=O) groups is 1. The number of benzene rings is 2. The van der Waals surface area contributed by atoms with Crippen molar-refractivity contribution in [3.63, 3.8) is 0 Å². The molecule has 2 heterocycles. The molecule has 1 aliphatic heterocycles. The van der Waals surface area contributed by atoms with Gasteiger partial charge in [-0.05, 0) is 25.1 Å². The fourth-order valence-electron chi connectivity index (χ4n) is 3.36. The smallest absolute Gasteiger partial charge is 0.265 e. The van der Waals surface area contributed by atoms with Crippen LogP contribution in [0.3, 0.4) is 0 Å². The van der Waals surface area contributed by atoms with Crippen molar-refractivity contribution in [3.05, 3.63) is 70.7 Å². The van der Waals surface area contributed by atoms with Crippen LogP contribution in [0, 0.1) is 18.6 Å². The maximum Gasteiger partial charge on any atom is 0.265 e. The molecule has 3 aromatic rings. The summed E-state index contributed by atoms with van der Waals surface area (Å²) in [7, 11) is -3.98. The first-order chi connectivity index (χ1) is 14.8. The molecular formula is C21H19F2N3O3S2. The van der Waals surface area contributed by atoms with E-state index in [1.54, 1.807) is 11.8 Å². The molecule has 31 heavy (non-hydrogen) atoms. The Morgan fingerprint density at radius 3 is 2.32 bits per heavy atom. The van der Waals surface area contributed by atoms with Crippen LogP contribution in [0.1, 0.15) is 15.4 Å². The maximum atomic E-state index is 13.5. The summed E-state index contributed by atoms with van der Waals surface area (Å²) in [5.74, 6) is -2.52. The largest absolute Gasteiger partial charge is 0.335 e. The number of sulfonamides is 1. The van der Waals surface area contributed by atoms with Crippen LogP contribution in [-0.4, -0.2) is 54.7 Å². The van der Waals surface area contributed by atoms with Crippen molar-refractivity contribution in [2.24, 2.45) is 0 Å². The highest BCUT2D eigenvalue weighted by Gasteiger charge is 2.32. The van der Waals surface area contributed by atoms with E-state index in [1.165, 1.54) is 15.6 Å². The van der Waals surface area contributed by atoms with Gasteiger partial charge in [0.05, 0.1) is 10.6 Å². The van der Waals surface area contributed by atoms with Crippen LogP contribution in [0.25, 0.3) is 10.6 Å². The molecule has 1 aromatic heterocycles. The van der Waals surface area contributed by atoms with Gasteiger partial charge in [0.15, 0.2) is 11.6 Å². The van der Waals surface area contributed by atoms with Crippen LogP contribution in [0.4, 0.5) is 8.78 Å². The Balaban J connectivity index is 1.47. The number of nitrogens with zero attached hydrogens (tertiary/aromatic N) is 3. The molecule has 0 N–H and O–H groups in total. The molecule has 1 fully saturated rings. The first-order valence-corrected chi connectivity index (χ1v) is 11.8. The number of amides is 1. The van der Waals surface area contributed by atoms with Gasteiger partial charge in [-0.25, -0.2) is 22.2 Å². The van der Waals surface area contributed by atoms with E-state index in [0.29, 0.717) is 16.6 Å². The van der Waals surface area contributed by atoms with Gasteiger partial charge in [-0.1, -0.05) is 30.3 Å². The zero-order valence-electron chi connectivity index (χ0n) is 16.6. The Hall–Kier alpha value is -2.69. The van der Waals surface area contributed by atoms with Crippen molar-refractivity contribution in [1.29, 1.82) is 0 Å². The summed E-state index contributed by atoms with van der Waals surface area (Å²) in [5, 5.41) is 0.751. The topological polar surface area (TPSA) is 70.6 Å². The lowest BCUT2D eigenvalue weighted by Crippen LogP contribution is -2.50. The van der Waals surface area contributed by atoms with Gasteiger partial charge in [-0.3, -0.25) is 4.79 Å². The minimum absolute atomic E-state index is 0.0659. The summed E-state index contributed by atoms with van der Waals surface area (Å²) in [4.78, 5) is 19.3. The molecule has 0 radical (unpaired) electrons. The Kier molecular flexibility index (Phi) is 5.87. The number of aromatic nitrogens is 1. The molecule has 0 aliphatic carbocycles. The molecule has 0 bridgehead atoms. The number of carbonyl (C=O) groups excluding carboxylic acids is 1. The van der Waals surface area contributed by atoms with Crippen molar-refractivity contribution in [2.45, 2.75) is 11.8 Å². The van der Waals surface area contributed by atoms with Crippen LogP contribution in [0.5, 0.6) is 0 Å². The molecular weight excluding hydrogens is 444 g/mol. The zero-order chi connectivity index (χ0) is 22.2. The second-order valence-electron chi connectivity index (χ2n) is 7.07. The predicted molar refractivity (Wildman–Crippen MR) is 113 cm³/mol. The van der Waals surface area contributed by atoms with Crippen LogP contribution < -0.4 is 0 Å². The fraction of sp³-hybridized carbons (Fsp3) is 0.238. The molecule has 1 aliphatic rings. The first kappa shape index (κ1) is 21.5. The SMILES string of the molecule is Cc1nc(-c2ccccc2)sc1C(=O)N1CCN(S(=O)(=O)c2ccc(F)c(F)c2)CC1. The molecule has 2 aromatic carbocycles. The minimum Gasteiger partial charge on any atom is -0.335 e. The number of piperazine rings is 1. The van der Waals surface area contributed by atoms with Gasteiger partial charge < -0.3 is 4.90 Å². The lowest BCUT2D eigenvalue weighted by Gasteiger charge is -2.33. The summed E-state index contributed by atoms with van der Waals surface area (Å²) >= 11 is 1.31. The number of rotatable bonds is 4. The third-order valence-electron chi connectivity index (χ3n) is 5.07. The third-order valence-corrected chi connectivity index (χ3v) is 8.16. The highest BCUT2D eigenvalue weighted by atomic mass is 32.2. The molecule has 0 atom stereocenters. The molecule has 1 amide bonds. The summed E-state index contributed by atoms with van der Waals surface area (Å²) in [6.45, 7) is 2.30. The van der Waals surface area contributed by atoms with E-state index in [4.69, 9.17) is 0 Å². The summed E-state index contributed by atoms with van der Waals surface area (Å²) in [6, 6.07) is 12.1. The Labute approximate surface area is 182 Å². The molecule has 0 spiro atoms. The van der Waals surface area contributed by atoms with Crippen molar-refractivity contribution >= 4 is 27.3 Å². The Morgan fingerprint density at radius 2 is 1.68 bits per heavy atom. The molecule has 1 saturated heterocycles. The van der Waals surface area contributed by atoms with E-state index >= 15 is 0 Å². The molecule has 4 rings (SSSR count). The molecule has 6 nitrogen and oxygen atoms in total. The molecule has 0 saturated carbocycles. The highest BCUT2D eigenvalue weighted by Crippen LogP contribution is 2.29. The van der Waals surface area contributed by atoms with Crippen molar-refractivity contribution in [3.8, 4) is 10.6 Å². The number of thiazole rings is 1. The number of aryl methyl sites for hydroxylation is 1. The van der Waals surface area contributed by atoms with Gasteiger partial charge >= 0.3 is 0 Å². The average molecular weight is 464 g/mol. The minimum atomic E-state index is -3.98. The van der Waals surface area contributed by atoms with E-state index in [9.17, 15) is 22.0 Å². The van der Waals surface area contributed by atoms with E-state index in [1.807, 2.05) is 30.3 Å². The van der Waals surface area contributed by atoms with Gasteiger partial charge in [0, 0.05) is 31.7 Å². The maximum absolute atomic E-state index is 13.5. The van der Waals surface area contributed by atoms with E-state index < -0.39 is 21.7 Å². The second-order valence-corrected chi connectivity index (χ2v) is 10.0.